The van der Waals surface area contributed by atoms with E-state index in [1.165, 1.54) is 12.8 Å². The lowest BCUT2D eigenvalue weighted by atomic mass is 9.87. The largest absolute Gasteiger partial charge is 0.385 e. The summed E-state index contributed by atoms with van der Waals surface area (Å²) >= 11 is 0. The Labute approximate surface area is 94.0 Å². The molecule has 0 spiro atoms. The van der Waals surface area contributed by atoms with Gasteiger partial charge >= 0.3 is 0 Å². The third-order valence-electron chi connectivity index (χ3n) is 3.83. The van der Waals surface area contributed by atoms with Gasteiger partial charge in [0.05, 0.1) is 0 Å². The first kappa shape index (κ1) is 12.9. The molecule has 0 aromatic heterocycles. The van der Waals surface area contributed by atoms with E-state index in [0.29, 0.717) is 17.5 Å². The minimum absolute atomic E-state index is 0.306. The minimum Gasteiger partial charge on any atom is -0.385 e. The van der Waals surface area contributed by atoms with E-state index < -0.39 is 0 Å². The Bertz CT molecular complexity index is 194. The molecule has 0 aromatic rings. The predicted molar refractivity (Wildman–Crippen MR) is 63.9 cm³/mol. The lowest BCUT2D eigenvalue weighted by Crippen LogP contribution is -2.48. The van der Waals surface area contributed by atoms with Crippen molar-refractivity contribution < 1.29 is 4.74 Å². The molecule has 2 unspecified atom stereocenters. The van der Waals surface area contributed by atoms with Crippen molar-refractivity contribution in [1.29, 1.82) is 0 Å². The van der Waals surface area contributed by atoms with Gasteiger partial charge in [-0.25, -0.2) is 0 Å². The zero-order chi connectivity index (χ0) is 11.5. The van der Waals surface area contributed by atoms with Crippen molar-refractivity contribution in [2.45, 2.75) is 45.2 Å². The number of hydrogen-bond acceptors (Lipinski definition) is 3. The average molecular weight is 214 g/mol. The second-order valence-corrected chi connectivity index (χ2v) is 5.45. The number of ether oxygens (including phenoxy) is 1. The van der Waals surface area contributed by atoms with Gasteiger partial charge in [0.2, 0.25) is 0 Å². The molecule has 3 heteroatoms. The molecule has 0 aromatic carbocycles. The summed E-state index contributed by atoms with van der Waals surface area (Å²) < 4.78 is 5.06. The predicted octanol–water partition coefficient (Wildman–Crippen LogP) is 1.47. The van der Waals surface area contributed by atoms with Crippen LogP contribution in [0.1, 0.15) is 33.1 Å². The molecule has 1 saturated carbocycles. The summed E-state index contributed by atoms with van der Waals surface area (Å²) in [5.74, 6) is 0. The van der Waals surface area contributed by atoms with Crippen LogP contribution in [0.3, 0.4) is 0 Å². The van der Waals surface area contributed by atoms with Crippen LogP contribution >= 0.6 is 0 Å². The second kappa shape index (κ2) is 5.28. The van der Waals surface area contributed by atoms with E-state index in [1.54, 1.807) is 7.11 Å². The van der Waals surface area contributed by atoms with E-state index in [9.17, 15) is 0 Å². The maximum absolute atomic E-state index is 6.29. The second-order valence-electron chi connectivity index (χ2n) is 5.45. The van der Waals surface area contributed by atoms with Crippen molar-refractivity contribution in [3.8, 4) is 0 Å². The summed E-state index contributed by atoms with van der Waals surface area (Å²) in [6, 6.07) is 0.863. The Morgan fingerprint density at radius 1 is 1.47 bits per heavy atom. The maximum atomic E-state index is 6.29. The number of rotatable bonds is 5. The van der Waals surface area contributed by atoms with Crippen LogP contribution in [0.25, 0.3) is 0 Å². The smallest absolute Gasteiger partial charge is 0.0474 e. The zero-order valence-electron chi connectivity index (χ0n) is 10.6. The van der Waals surface area contributed by atoms with Crippen LogP contribution in [0.2, 0.25) is 0 Å². The minimum atomic E-state index is 0.306. The quantitative estimate of drug-likeness (QED) is 0.704. The van der Waals surface area contributed by atoms with Gasteiger partial charge in [-0.2, -0.15) is 0 Å². The Kier molecular flexibility index (Phi) is 4.56. The standard InChI is InChI=1S/C12H26N2O/c1-12(2)7-6-10(11(12)13)14(3)8-5-9-15-4/h10-11H,5-9,13H2,1-4H3. The number of nitrogens with zero attached hydrogens (tertiary/aromatic N) is 1. The highest BCUT2D eigenvalue weighted by Crippen LogP contribution is 2.38. The molecule has 0 heterocycles. The fraction of sp³-hybridized carbons (Fsp3) is 1.00. The highest BCUT2D eigenvalue weighted by atomic mass is 16.5. The van der Waals surface area contributed by atoms with Crippen molar-refractivity contribution in [3.63, 3.8) is 0 Å². The van der Waals surface area contributed by atoms with Gasteiger partial charge < -0.3 is 15.4 Å². The lowest BCUT2D eigenvalue weighted by Gasteiger charge is -2.32. The molecular formula is C12H26N2O. The van der Waals surface area contributed by atoms with E-state index in [1.807, 2.05) is 0 Å². The first-order valence-corrected chi connectivity index (χ1v) is 5.94. The fourth-order valence-corrected chi connectivity index (χ4v) is 2.51. The molecule has 0 radical (unpaired) electrons. The van der Waals surface area contributed by atoms with Gasteiger partial charge in [0, 0.05) is 32.3 Å². The molecule has 2 N–H and O–H groups in total. The van der Waals surface area contributed by atoms with Gasteiger partial charge in [-0.3, -0.25) is 0 Å². The summed E-state index contributed by atoms with van der Waals surface area (Å²) in [6.07, 6.45) is 3.57. The summed E-state index contributed by atoms with van der Waals surface area (Å²) in [6.45, 7) is 6.49. The molecule has 15 heavy (non-hydrogen) atoms. The van der Waals surface area contributed by atoms with E-state index in [2.05, 4.69) is 25.8 Å². The Hall–Kier alpha value is -0.120. The Morgan fingerprint density at radius 2 is 2.13 bits per heavy atom. The zero-order valence-corrected chi connectivity index (χ0v) is 10.6. The van der Waals surface area contributed by atoms with E-state index in [0.717, 1.165) is 19.6 Å². The van der Waals surface area contributed by atoms with Gasteiger partial charge in [0.1, 0.15) is 0 Å². The van der Waals surface area contributed by atoms with Crippen LogP contribution in [0.5, 0.6) is 0 Å². The van der Waals surface area contributed by atoms with Crippen molar-refractivity contribution in [2.75, 3.05) is 27.3 Å². The van der Waals surface area contributed by atoms with Gasteiger partial charge in [0.15, 0.2) is 0 Å². The van der Waals surface area contributed by atoms with Crippen LogP contribution in [-0.2, 0) is 4.74 Å². The molecular weight excluding hydrogens is 188 g/mol. The first-order valence-electron chi connectivity index (χ1n) is 5.94. The normalized spacial score (nSPS) is 30.0. The molecule has 0 amide bonds. The topological polar surface area (TPSA) is 38.5 Å². The van der Waals surface area contributed by atoms with E-state index in [-0.39, 0.29) is 0 Å². The summed E-state index contributed by atoms with van der Waals surface area (Å²) in [4.78, 5) is 2.40. The molecule has 3 nitrogen and oxygen atoms in total. The monoisotopic (exact) mass is 214 g/mol. The molecule has 1 aliphatic rings. The summed E-state index contributed by atoms with van der Waals surface area (Å²) in [5.41, 5.74) is 6.59. The third kappa shape index (κ3) is 3.16. The van der Waals surface area contributed by atoms with Crippen LogP contribution in [0.4, 0.5) is 0 Å². The van der Waals surface area contributed by atoms with Crippen LogP contribution < -0.4 is 5.73 Å². The van der Waals surface area contributed by atoms with Crippen molar-refractivity contribution >= 4 is 0 Å². The van der Waals surface area contributed by atoms with Crippen LogP contribution in [-0.4, -0.2) is 44.3 Å². The molecule has 0 aliphatic heterocycles. The molecule has 1 fully saturated rings. The highest BCUT2D eigenvalue weighted by Gasteiger charge is 2.40. The number of methoxy groups -OCH3 is 1. The van der Waals surface area contributed by atoms with Crippen LogP contribution in [0.15, 0.2) is 0 Å². The van der Waals surface area contributed by atoms with Crippen molar-refractivity contribution in [1.82, 2.24) is 4.90 Å². The molecule has 90 valence electrons. The number of hydrogen-bond donors (Lipinski definition) is 1. The third-order valence-corrected chi connectivity index (χ3v) is 3.83. The fourth-order valence-electron chi connectivity index (χ4n) is 2.51. The van der Waals surface area contributed by atoms with E-state index in [4.69, 9.17) is 10.5 Å². The number of likely N-dealkylation sites (N-methyl/N-ethyl adjacent to an activating group) is 1. The summed E-state index contributed by atoms with van der Waals surface area (Å²) in [7, 11) is 3.94. The van der Waals surface area contributed by atoms with Crippen molar-refractivity contribution in [2.24, 2.45) is 11.1 Å². The SMILES string of the molecule is COCCCN(C)C1CCC(C)(C)C1N. The Morgan fingerprint density at radius 3 is 2.60 bits per heavy atom. The van der Waals surface area contributed by atoms with Crippen molar-refractivity contribution in [3.05, 3.63) is 0 Å². The van der Waals surface area contributed by atoms with Gasteiger partial charge in [0.25, 0.3) is 0 Å². The molecule has 0 saturated heterocycles. The maximum Gasteiger partial charge on any atom is 0.0474 e. The highest BCUT2D eigenvalue weighted by molar-refractivity contribution is 4.98. The lowest BCUT2D eigenvalue weighted by molar-refractivity contribution is 0.154. The Balaban J connectivity index is 2.37. The molecule has 2 atom stereocenters. The van der Waals surface area contributed by atoms with Gasteiger partial charge in [-0.05, 0) is 31.7 Å². The van der Waals surface area contributed by atoms with Gasteiger partial charge in [-0.15, -0.1) is 0 Å². The number of nitrogens with two attached hydrogens (primary N) is 1. The molecule has 1 rings (SSSR count). The van der Waals surface area contributed by atoms with Crippen LogP contribution in [0, 0.1) is 5.41 Å². The van der Waals surface area contributed by atoms with Gasteiger partial charge in [-0.1, -0.05) is 13.8 Å². The molecule has 0 bridgehead atoms. The average Bonchev–Trinajstić information content (AvgIpc) is 2.43. The van der Waals surface area contributed by atoms with E-state index >= 15 is 0 Å². The summed E-state index contributed by atoms with van der Waals surface area (Å²) in [5, 5.41) is 0. The molecule has 1 aliphatic carbocycles. The first-order chi connectivity index (χ1) is 6.99.